The topological polar surface area (TPSA) is 56.0 Å². The second kappa shape index (κ2) is 6.57. The Hall–Kier alpha value is -0.550. The highest BCUT2D eigenvalue weighted by Crippen LogP contribution is 1.85. The molecule has 56 valence electrons. The van der Waals surface area contributed by atoms with E-state index in [-0.39, 0.29) is 11.7 Å². The van der Waals surface area contributed by atoms with Crippen molar-refractivity contribution in [3.05, 3.63) is 17.1 Å². The van der Waals surface area contributed by atoms with Gasteiger partial charge in [0.2, 0.25) is 5.91 Å². The number of carbonyl (C=O) groups is 1. The number of nitrogens with zero attached hydrogens (tertiary/aromatic N) is 1. The molecule has 2 N–H and O–H groups in total. The third kappa shape index (κ3) is 7.45. The van der Waals surface area contributed by atoms with E-state index in [4.69, 9.17) is 0 Å². The van der Waals surface area contributed by atoms with E-state index in [2.05, 4.69) is 23.3 Å². The molecule has 1 heterocycles. The molecular formula is C5H8N2OS2. The Bertz CT molecular complexity index is 147. The molecule has 1 amide bonds. The van der Waals surface area contributed by atoms with Crippen LogP contribution in [0, 0.1) is 0 Å². The van der Waals surface area contributed by atoms with Gasteiger partial charge < -0.3 is 5.73 Å². The lowest BCUT2D eigenvalue weighted by Crippen LogP contribution is -2.10. The Morgan fingerprint density at radius 3 is 2.50 bits per heavy atom. The molecule has 1 aromatic rings. The maximum atomic E-state index is 9.51. The van der Waals surface area contributed by atoms with E-state index in [1.165, 1.54) is 0 Å². The fraction of sp³-hybridized carbons (Fsp3) is 0.200. The fourth-order valence-electron chi connectivity index (χ4n) is 0.176. The van der Waals surface area contributed by atoms with Gasteiger partial charge in [0.15, 0.2) is 0 Å². The van der Waals surface area contributed by atoms with Crippen LogP contribution < -0.4 is 5.73 Å². The van der Waals surface area contributed by atoms with Crippen molar-refractivity contribution >= 4 is 29.9 Å². The molecule has 0 radical (unpaired) electrons. The average Bonchev–Trinajstić information content (AvgIpc) is 2.43. The standard InChI is InChI=1S/C3H3NS.C2H5NOS/c1-2-5-3-4-1;3-2(4)1-5/h1-3H;5H,1H2,(H2,3,4). The van der Waals surface area contributed by atoms with Crippen LogP contribution in [0.5, 0.6) is 0 Å². The summed E-state index contributed by atoms with van der Waals surface area (Å²) < 4.78 is 0. The number of rotatable bonds is 1. The van der Waals surface area contributed by atoms with E-state index >= 15 is 0 Å². The molecule has 0 fully saturated rings. The number of primary amides is 1. The largest absolute Gasteiger partial charge is 0.369 e. The van der Waals surface area contributed by atoms with Crippen LogP contribution in [-0.2, 0) is 4.79 Å². The van der Waals surface area contributed by atoms with Crippen molar-refractivity contribution < 1.29 is 4.79 Å². The molecular weight excluding hydrogens is 168 g/mol. The van der Waals surface area contributed by atoms with E-state index in [0.29, 0.717) is 0 Å². The summed E-state index contributed by atoms with van der Waals surface area (Å²) in [5, 5.41) is 1.93. The Morgan fingerprint density at radius 1 is 1.80 bits per heavy atom. The normalized spacial score (nSPS) is 7.70. The first-order valence-electron chi connectivity index (χ1n) is 2.48. The molecule has 5 heteroatoms. The Balaban J connectivity index is 0.000000162. The van der Waals surface area contributed by atoms with Crippen LogP contribution in [0.1, 0.15) is 0 Å². The average molecular weight is 176 g/mol. The van der Waals surface area contributed by atoms with Crippen LogP contribution in [0.25, 0.3) is 0 Å². The molecule has 0 unspecified atom stereocenters. The van der Waals surface area contributed by atoms with Gasteiger partial charge in [-0.05, 0) is 0 Å². The monoisotopic (exact) mass is 176 g/mol. The Labute approximate surface area is 68.7 Å². The smallest absolute Gasteiger partial charge is 0.227 e. The predicted octanol–water partition coefficient (Wildman–Crippen LogP) is 0.545. The van der Waals surface area contributed by atoms with Crippen molar-refractivity contribution in [3.63, 3.8) is 0 Å². The Morgan fingerprint density at radius 2 is 2.40 bits per heavy atom. The molecule has 0 aromatic carbocycles. The predicted molar refractivity (Wildman–Crippen MR) is 45.2 cm³/mol. The van der Waals surface area contributed by atoms with Crippen LogP contribution in [0.3, 0.4) is 0 Å². The number of thiazole rings is 1. The second-order valence-corrected chi connectivity index (χ2v) is 2.37. The zero-order valence-electron chi connectivity index (χ0n) is 5.23. The van der Waals surface area contributed by atoms with Crippen molar-refractivity contribution in [1.29, 1.82) is 0 Å². The summed E-state index contributed by atoms with van der Waals surface area (Å²) in [5.74, 6) is -0.242. The summed E-state index contributed by atoms with van der Waals surface area (Å²) >= 11 is 5.14. The van der Waals surface area contributed by atoms with Crippen molar-refractivity contribution in [2.24, 2.45) is 5.73 Å². The molecule has 0 saturated heterocycles. The van der Waals surface area contributed by atoms with Gasteiger partial charge in [0.1, 0.15) is 0 Å². The van der Waals surface area contributed by atoms with Gasteiger partial charge >= 0.3 is 0 Å². The zero-order valence-corrected chi connectivity index (χ0v) is 6.94. The molecule has 0 aliphatic carbocycles. The lowest BCUT2D eigenvalue weighted by atomic mass is 10.8. The molecule has 0 atom stereocenters. The van der Waals surface area contributed by atoms with Gasteiger partial charge in [-0.15, -0.1) is 11.3 Å². The third-order valence-electron chi connectivity index (χ3n) is 0.503. The summed E-state index contributed by atoms with van der Waals surface area (Å²) in [7, 11) is 0. The van der Waals surface area contributed by atoms with Crippen LogP contribution in [0.4, 0.5) is 0 Å². The molecule has 0 aliphatic rings. The number of hydrogen-bond donors (Lipinski definition) is 2. The Kier molecular flexibility index (Phi) is 6.21. The number of carbonyl (C=O) groups excluding carboxylic acids is 1. The maximum Gasteiger partial charge on any atom is 0.227 e. The van der Waals surface area contributed by atoms with E-state index in [0.717, 1.165) is 0 Å². The SMILES string of the molecule is NC(=O)CS.c1cscn1. The van der Waals surface area contributed by atoms with Gasteiger partial charge in [0, 0.05) is 11.6 Å². The number of aromatic nitrogens is 1. The highest BCUT2D eigenvalue weighted by Gasteiger charge is 1.78. The number of amides is 1. The minimum absolute atomic E-state index is 0.139. The number of nitrogens with two attached hydrogens (primary N) is 1. The van der Waals surface area contributed by atoms with Gasteiger partial charge in [-0.1, -0.05) is 0 Å². The van der Waals surface area contributed by atoms with Gasteiger partial charge in [-0.3, -0.25) is 9.78 Å². The zero-order chi connectivity index (χ0) is 7.82. The van der Waals surface area contributed by atoms with E-state index in [1.54, 1.807) is 23.0 Å². The van der Waals surface area contributed by atoms with Crippen molar-refractivity contribution in [2.75, 3.05) is 5.75 Å². The molecule has 0 aliphatic heterocycles. The maximum absolute atomic E-state index is 9.51. The molecule has 1 rings (SSSR count). The van der Waals surface area contributed by atoms with Crippen LogP contribution in [0.15, 0.2) is 17.1 Å². The summed E-state index contributed by atoms with van der Waals surface area (Å²) in [6.45, 7) is 0. The number of hydrogen-bond acceptors (Lipinski definition) is 4. The lowest BCUT2D eigenvalue weighted by Gasteiger charge is -1.72. The lowest BCUT2D eigenvalue weighted by molar-refractivity contribution is -0.115. The van der Waals surface area contributed by atoms with Crippen LogP contribution in [-0.4, -0.2) is 16.6 Å². The first-order chi connectivity index (χ1) is 4.77. The van der Waals surface area contributed by atoms with Crippen molar-refractivity contribution in [3.8, 4) is 0 Å². The molecule has 3 nitrogen and oxygen atoms in total. The van der Waals surface area contributed by atoms with Gasteiger partial charge in [-0.2, -0.15) is 12.6 Å². The molecule has 0 spiro atoms. The first-order valence-corrected chi connectivity index (χ1v) is 4.06. The van der Waals surface area contributed by atoms with E-state index in [1.807, 2.05) is 5.38 Å². The highest BCUT2D eigenvalue weighted by molar-refractivity contribution is 7.81. The minimum atomic E-state index is -0.381. The van der Waals surface area contributed by atoms with Gasteiger partial charge in [0.05, 0.1) is 11.3 Å². The number of thiol groups is 1. The molecule has 10 heavy (non-hydrogen) atoms. The van der Waals surface area contributed by atoms with Crippen LogP contribution in [0.2, 0.25) is 0 Å². The summed E-state index contributed by atoms with van der Waals surface area (Å²) in [4.78, 5) is 13.3. The van der Waals surface area contributed by atoms with E-state index in [9.17, 15) is 4.79 Å². The third-order valence-corrected chi connectivity index (χ3v) is 1.34. The highest BCUT2D eigenvalue weighted by atomic mass is 32.1. The fourth-order valence-corrected chi connectivity index (χ4v) is 0.527. The summed E-state index contributed by atoms with van der Waals surface area (Å²) in [5.41, 5.74) is 6.37. The van der Waals surface area contributed by atoms with Gasteiger partial charge in [0.25, 0.3) is 0 Å². The summed E-state index contributed by atoms with van der Waals surface area (Å²) in [6.07, 6.45) is 1.77. The summed E-state index contributed by atoms with van der Waals surface area (Å²) in [6, 6.07) is 0. The first kappa shape index (κ1) is 9.45. The van der Waals surface area contributed by atoms with Crippen molar-refractivity contribution in [2.45, 2.75) is 0 Å². The molecule has 0 saturated carbocycles. The quantitative estimate of drug-likeness (QED) is 0.614. The minimum Gasteiger partial charge on any atom is -0.369 e. The van der Waals surface area contributed by atoms with E-state index < -0.39 is 0 Å². The van der Waals surface area contributed by atoms with Crippen LogP contribution >= 0.6 is 24.0 Å². The second-order valence-electron chi connectivity index (χ2n) is 1.30. The molecule has 1 aromatic heterocycles. The van der Waals surface area contributed by atoms with Gasteiger partial charge in [-0.25, -0.2) is 0 Å². The van der Waals surface area contributed by atoms with Crippen molar-refractivity contribution in [1.82, 2.24) is 4.98 Å². The molecule has 0 bridgehead atoms.